The Morgan fingerprint density at radius 1 is 0.706 bits per heavy atom. The molecule has 0 amide bonds. The number of aromatic nitrogens is 6. The molecular formula is C45H40N6. The third kappa shape index (κ3) is 8.03. The van der Waals surface area contributed by atoms with Gasteiger partial charge in [-0.1, -0.05) is 111 Å². The van der Waals surface area contributed by atoms with E-state index in [0.29, 0.717) is 17.5 Å². The van der Waals surface area contributed by atoms with Gasteiger partial charge in [-0.3, -0.25) is 4.98 Å². The van der Waals surface area contributed by atoms with E-state index in [1.165, 1.54) is 11.1 Å². The standard InChI is InChI=1S/C45H40N6/c1-31-13-7-8-18-40(31)45-50-43(37-14-5-4-6-15-37)49-44(51-45)39(30-33(3)35-21-24-38(25-22-35)42-47-27-12-28-48-42)29-32(2)34-16-11-17-36(23-20-34)41-19-9-10-26-46-41/h4-10,12-15,18-31,40H,2,11,16-17H2,1,3H3/b33-30+,39-29+. The van der Waals surface area contributed by atoms with Gasteiger partial charge < -0.3 is 0 Å². The molecule has 2 unspecified atom stereocenters. The van der Waals surface area contributed by atoms with Crippen molar-refractivity contribution in [1.82, 2.24) is 29.9 Å². The zero-order chi connectivity index (χ0) is 35.0. The largest absolute Gasteiger partial charge is 0.257 e. The van der Waals surface area contributed by atoms with Gasteiger partial charge in [0, 0.05) is 41.2 Å². The summed E-state index contributed by atoms with van der Waals surface area (Å²) < 4.78 is 0. The van der Waals surface area contributed by atoms with Gasteiger partial charge in [0.15, 0.2) is 17.5 Å². The molecule has 51 heavy (non-hydrogen) atoms. The van der Waals surface area contributed by atoms with Crippen LogP contribution in [0.15, 0.2) is 164 Å². The Kier molecular flexibility index (Phi) is 10.2. The average molecular weight is 665 g/mol. The van der Waals surface area contributed by atoms with E-state index in [-0.39, 0.29) is 11.8 Å². The van der Waals surface area contributed by atoms with Gasteiger partial charge in [0.25, 0.3) is 0 Å². The fourth-order valence-corrected chi connectivity index (χ4v) is 6.40. The van der Waals surface area contributed by atoms with Crippen LogP contribution in [-0.2, 0) is 0 Å². The second-order valence-electron chi connectivity index (χ2n) is 12.9. The maximum atomic E-state index is 5.18. The summed E-state index contributed by atoms with van der Waals surface area (Å²) >= 11 is 0. The molecule has 6 heteroatoms. The second-order valence-corrected chi connectivity index (χ2v) is 12.9. The Bertz CT molecular complexity index is 2190. The third-order valence-electron chi connectivity index (χ3n) is 9.30. The van der Waals surface area contributed by atoms with E-state index in [1.54, 1.807) is 12.4 Å². The molecule has 0 fully saturated rings. The van der Waals surface area contributed by atoms with Crippen LogP contribution in [-0.4, -0.2) is 29.9 Å². The molecule has 5 aromatic rings. The van der Waals surface area contributed by atoms with Crippen molar-refractivity contribution in [3.05, 3.63) is 187 Å². The summed E-state index contributed by atoms with van der Waals surface area (Å²) in [5.74, 6) is 2.99. The highest BCUT2D eigenvalue weighted by molar-refractivity contribution is 5.83. The maximum Gasteiger partial charge on any atom is 0.163 e. The van der Waals surface area contributed by atoms with E-state index in [0.717, 1.165) is 64.2 Å². The summed E-state index contributed by atoms with van der Waals surface area (Å²) in [6.07, 6.45) is 25.5. The van der Waals surface area contributed by atoms with E-state index in [1.807, 2.05) is 54.7 Å². The quantitative estimate of drug-likeness (QED) is 0.146. The topological polar surface area (TPSA) is 77.3 Å². The molecule has 0 bridgehead atoms. The summed E-state index contributed by atoms with van der Waals surface area (Å²) in [5.41, 5.74) is 9.30. The third-order valence-corrected chi connectivity index (χ3v) is 9.30. The highest BCUT2D eigenvalue weighted by atomic mass is 15.0. The molecule has 0 saturated carbocycles. The number of rotatable bonds is 9. The predicted octanol–water partition coefficient (Wildman–Crippen LogP) is 10.5. The van der Waals surface area contributed by atoms with Gasteiger partial charge in [-0.25, -0.2) is 24.9 Å². The molecular weight excluding hydrogens is 625 g/mol. The molecule has 0 radical (unpaired) electrons. The van der Waals surface area contributed by atoms with E-state index >= 15 is 0 Å². The van der Waals surface area contributed by atoms with Crippen molar-refractivity contribution in [3.63, 3.8) is 0 Å². The summed E-state index contributed by atoms with van der Waals surface area (Å²) in [7, 11) is 0. The minimum absolute atomic E-state index is 0.0289. The zero-order valence-corrected chi connectivity index (χ0v) is 29.0. The van der Waals surface area contributed by atoms with Crippen molar-refractivity contribution in [2.45, 2.75) is 39.0 Å². The molecule has 0 spiro atoms. The Hall–Kier alpha value is -6.14. The second kappa shape index (κ2) is 15.6. The monoisotopic (exact) mass is 664 g/mol. The van der Waals surface area contributed by atoms with Crippen LogP contribution in [0, 0.1) is 5.92 Å². The fourth-order valence-electron chi connectivity index (χ4n) is 6.40. The first-order valence-electron chi connectivity index (χ1n) is 17.5. The molecule has 2 atom stereocenters. The number of allylic oxidation sites excluding steroid dienone is 13. The molecule has 3 heterocycles. The van der Waals surface area contributed by atoms with Gasteiger partial charge in [0.05, 0.1) is 5.69 Å². The van der Waals surface area contributed by atoms with Gasteiger partial charge in [-0.15, -0.1) is 0 Å². The molecule has 2 aromatic carbocycles. The summed E-state index contributed by atoms with van der Waals surface area (Å²) in [6.45, 7) is 8.91. The fraction of sp³-hybridized carbons (Fsp3) is 0.156. The molecule has 0 saturated heterocycles. The van der Waals surface area contributed by atoms with Crippen LogP contribution in [0.25, 0.3) is 39.5 Å². The van der Waals surface area contributed by atoms with Crippen LogP contribution < -0.4 is 0 Å². The molecule has 0 aliphatic heterocycles. The van der Waals surface area contributed by atoms with Gasteiger partial charge in [-0.05, 0) is 90.3 Å². The summed E-state index contributed by atoms with van der Waals surface area (Å²) in [6, 6.07) is 26.4. The first-order valence-corrected chi connectivity index (χ1v) is 17.5. The van der Waals surface area contributed by atoms with Crippen LogP contribution in [0.4, 0.5) is 0 Å². The average Bonchev–Trinajstić information content (AvgIpc) is 3.45. The Labute approximate surface area is 300 Å². The first kappa shape index (κ1) is 33.4. The SMILES string of the molecule is C=C(/C=C(\C=C(/C)c1ccc(-c2ncccn2)cc1)c1nc(-c2ccccc2)nc(C2C=CC=CC2C)n1)C1=CC=C(c2ccccn2)CCC1. The lowest BCUT2D eigenvalue weighted by molar-refractivity contribution is 0.598. The van der Waals surface area contributed by atoms with Crippen molar-refractivity contribution in [1.29, 1.82) is 0 Å². The van der Waals surface area contributed by atoms with Crippen LogP contribution >= 0.6 is 0 Å². The summed E-state index contributed by atoms with van der Waals surface area (Å²) in [5, 5.41) is 0. The normalized spacial score (nSPS) is 17.8. The van der Waals surface area contributed by atoms with Crippen molar-refractivity contribution in [2.75, 3.05) is 0 Å². The molecule has 0 N–H and O–H groups in total. The molecule has 250 valence electrons. The van der Waals surface area contributed by atoms with Gasteiger partial charge >= 0.3 is 0 Å². The molecule has 7 rings (SSSR count). The lowest BCUT2D eigenvalue weighted by atomic mass is 9.89. The first-order chi connectivity index (χ1) is 25.0. The zero-order valence-electron chi connectivity index (χ0n) is 29.0. The summed E-state index contributed by atoms with van der Waals surface area (Å²) in [4.78, 5) is 28.8. The lowest BCUT2D eigenvalue weighted by Crippen LogP contribution is -2.14. The van der Waals surface area contributed by atoms with Gasteiger partial charge in [0.1, 0.15) is 5.82 Å². The van der Waals surface area contributed by atoms with Crippen LogP contribution in [0.1, 0.15) is 61.9 Å². The molecule has 3 aromatic heterocycles. The Balaban J connectivity index is 1.32. The Morgan fingerprint density at radius 3 is 2.22 bits per heavy atom. The van der Waals surface area contributed by atoms with E-state index in [2.05, 4.69) is 114 Å². The van der Waals surface area contributed by atoms with Crippen molar-refractivity contribution in [3.8, 4) is 22.8 Å². The molecule has 6 nitrogen and oxygen atoms in total. The highest BCUT2D eigenvalue weighted by Gasteiger charge is 2.23. The van der Waals surface area contributed by atoms with Crippen molar-refractivity contribution in [2.24, 2.45) is 5.92 Å². The minimum atomic E-state index is 0.0289. The Morgan fingerprint density at radius 2 is 1.45 bits per heavy atom. The van der Waals surface area contributed by atoms with Gasteiger partial charge in [0.2, 0.25) is 0 Å². The molecule has 2 aliphatic carbocycles. The highest BCUT2D eigenvalue weighted by Crippen LogP contribution is 2.33. The number of hydrogen-bond acceptors (Lipinski definition) is 6. The minimum Gasteiger partial charge on any atom is -0.257 e. The number of nitrogens with zero attached hydrogens (tertiary/aromatic N) is 6. The van der Waals surface area contributed by atoms with E-state index in [4.69, 9.17) is 15.0 Å². The van der Waals surface area contributed by atoms with Crippen LogP contribution in [0.5, 0.6) is 0 Å². The number of benzene rings is 2. The number of pyridine rings is 1. The van der Waals surface area contributed by atoms with E-state index in [9.17, 15) is 0 Å². The van der Waals surface area contributed by atoms with Crippen molar-refractivity contribution < 1.29 is 0 Å². The van der Waals surface area contributed by atoms with E-state index < -0.39 is 0 Å². The smallest absolute Gasteiger partial charge is 0.163 e. The lowest BCUT2D eigenvalue weighted by Gasteiger charge is -2.20. The van der Waals surface area contributed by atoms with Gasteiger partial charge in [-0.2, -0.15) is 0 Å². The maximum absolute atomic E-state index is 5.18. The van der Waals surface area contributed by atoms with Crippen LogP contribution in [0.3, 0.4) is 0 Å². The predicted molar refractivity (Wildman–Crippen MR) is 208 cm³/mol. The molecule has 2 aliphatic rings. The van der Waals surface area contributed by atoms with Crippen molar-refractivity contribution >= 4 is 16.7 Å². The van der Waals surface area contributed by atoms with Crippen LogP contribution in [0.2, 0.25) is 0 Å². The number of hydrogen-bond donors (Lipinski definition) is 0.